The Bertz CT molecular complexity index is 637. The van der Waals surface area contributed by atoms with E-state index in [1.807, 2.05) is 0 Å². The van der Waals surface area contributed by atoms with E-state index in [0.717, 1.165) is 4.80 Å². The van der Waals surface area contributed by atoms with Crippen LogP contribution in [-0.4, -0.2) is 37.6 Å². The molecule has 0 bridgehead atoms. The number of alkyl halides is 3. The molecule has 0 spiro atoms. The van der Waals surface area contributed by atoms with E-state index in [1.165, 1.54) is 23.2 Å². The van der Waals surface area contributed by atoms with Crippen LogP contribution in [-0.2, 0) is 17.5 Å². The van der Waals surface area contributed by atoms with Gasteiger partial charge in [-0.05, 0) is 12.1 Å². The molecule has 0 saturated carbocycles. The highest BCUT2D eigenvalue weighted by Gasteiger charge is 2.36. The molecule has 0 atom stereocenters. The topological polar surface area (TPSA) is 76.8 Å². The SMILES string of the molecule is CCN(C(C)=O)c1nc(Cn2nnc(C(F)(F)F)n2)cs1. The molecule has 21 heavy (non-hydrogen) atoms. The third kappa shape index (κ3) is 3.54. The van der Waals surface area contributed by atoms with Crippen LogP contribution in [0, 0.1) is 0 Å². The number of carbonyl (C=O) groups excluding carboxylic acids is 1. The third-order valence-electron chi connectivity index (χ3n) is 2.48. The second kappa shape index (κ2) is 5.76. The molecule has 0 fully saturated rings. The molecule has 7 nitrogen and oxygen atoms in total. The predicted molar refractivity (Wildman–Crippen MR) is 67.7 cm³/mol. The summed E-state index contributed by atoms with van der Waals surface area (Å²) in [5.74, 6) is -1.45. The van der Waals surface area contributed by atoms with Crippen molar-refractivity contribution >= 4 is 22.4 Å². The second-order valence-corrected chi connectivity index (χ2v) is 4.86. The van der Waals surface area contributed by atoms with Gasteiger partial charge >= 0.3 is 6.18 Å². The van der Waals surface area contributed by atoms with Crippen LogP contribution in [0.15, 0.2) is 5.38 Å². The van der Waals surface area contributed by atoms with Crippen LogP contribution in [0.5, 0.6) is 0 Å². The number of aromatic nitrogens is 5. The minimum Gasteiger partial charge on any atom is -0.289 e. The van der Waals surface area contributed by atoms with Gasteiger partial charge in [0.25, 0.3) is 5.82 Å². The molecule has 0 aliphatic heterocycles. The van der Waals surface area contributed by atoms with Gasteiger partial charge in [-0.3, -0.25) is 9.69 Å². The molecule has 0 radical (unpaired) electrons. The van der Waals surface area contributed by atoms with Crippen LogP contribution in [0.4, 0.5) is 18.3 Å². The van der Waals surface area contributed by atoms with Crippen molar-refractivity contribution in [3.05, 3.63) is 16.9 Å². The molecule has 0 aliphatic rings. The number of halogens is 3. The first kappa shape index (κ1) is 15.4. The number of hydrogen-bond acceptors (Lipinski definition) is 6. The van der Waals surface area contributed by atoms with Crippen molar-refractivity contribution < 1.29 is 18.0 Å². The number of rotatable bonds is 4. The van der Waals surface area contributed by atoms with E-state index in [4.69, 9.17) is 0 Å². The molecule has 1 amide bonds. The Kier molecular flexibility index (Phi) is 4.21. The Balaban J connectivity index is 2.12. The van der Waals surface area contributed by atoms with Gasteiger partial charge in [0, 0.05) is 18.8 Å². The maximum atomic E-state index is 12.3. The Morgan fingerprint density at radius 3 is 2.71 bits per heavy atom. The molecule has 0 unspecified atom stereocenters. The fourth-order valence-electron chi connectivity index (χ4n) is 1.55. The van der Waals surface area contributed by atoms with E-state index in [0.29, 0.717) is 17.4 Å². The first-order valence-corrected chi connectivity index (χ1v) is 6.76. The van der Waals surface area contributed by atoms with Crippen LogP contribution >= 0.6 is 11.3 Å². The summed E-state index contributed by atoms with van der Waals surface area (Å²) in [5.41, 5.74) is 0.459. The highest BCUT2D eigenvalue weighted by Crippen LogP contribution is 2.25. The van der Waals surface area contributed by atoms with Crippen LogP contribution in [0.25, 0.3) is 0 Å². The minimum absolute atomic E-state index is 0.0466. The molecule has 2 aromatic heterocycles. The number of hydrogen-bond donors (Lipinski definition) is 0. The third-order valence-corrected chi connectivity index (χ3v) is 3.39. The monoisotopic (exact) mass is 320 g/mol. The number of nitrogens with zero attached hydrogens (tertiary/aromatic N) is 6. The Morgan fingerprint density at radius 2 is 2.19 bits per heavy atom. The molecule has 2 aromatic rings. The van der Waals surface area contributed by atoms with Gasteiger partial charge in [-0.1, -0.05) is 0 Å². The molecular weight excluding hydrogens is 309 g/mol. The summed E-state index contributed by atoms with van der Waals surface area (Å²) < 4.78 is 37.0. The zero-order chi connectivity index (χ0) is 15.6. The van der Waals surface area contributed by atoms with Crippen molar-refractivity contribution in [2.75, 3.05) is 11.4 Å². The number of tetrazole rings is 1. The quantitative estimate of drug-likeness (QED) is 0.854. The summed E-state index contributed by atoms with van der Waals surface area (Å²) in [6.07, 6.45) is -4.63. The molecule has 0 aliphatic carbocycles. The predicted octanol–water partition coefficient (Wildman–Crippen LogP) is 1.57. The molecule has 2 rings (SSSR count). The van der Waals surface area contributed by atoms with Crippen molar-refractivity contribution in [1.29, 1.82) is 0 Å². The smallest absolute Gasteiger partial charge is 0.289 e. The Morgan fingerprint density at radius 1 is 1.48 bits per heavy atom. The van der Waals surface area contributed by atoms with Gasteiger partial charge in [0.1, 0.15) is 6.54 Å². The molecule has 2 heterocycles. The minimum atomic E-state index is -4.63. The van der Waals surface area contributed by atoms with E-state index in [-0.39, 0.29) is 12.5 Å². The summed E-state index contributed by atoms with van der Waals surface area (Å²) in [7, 11) is 0. The van der Waals surface area contributed by atoms with Crippen molar-refractivity contribution in [1.82, 2.24) is 25.2 Å². The maximum Gasteiger partial charge on any atom is 0.455 e. The summed E-state index contributed by atoms with van der Waals surface area (Å²) in [6, 6.07) is 0. The van der Waals surface area contributed by atoms with E-state index >= 15 is 0 Å². The van der Waals surface area contributed by atoms with Crippen LogP contribution in [0.3, 0.4) is 0 Å². The fourth-order valence-corrected chi connectivity index (χ4v) is 2.48. The first-order chi connectivity index (χ1) is 9.81. The number of amides is 1. The van der Waals surface area contributed by atoms with E-state index in [9.17, 15) is 18.0 Å². The molecule has 0 N–H and O–H groups in total. The summed E-state index contributed by atoms with van der Waals surface area (Å²) in [5, 5.41) is 11.6. The van der Waals surface area contributed by atoms with Crippen molar-refractivity contribution in [2.24, 2.45) is 0 Å². The molecule has 114 valence electrons. The van der Waals surface area contributed by atoms with E-state index in [2.05, 4.69) is 20.4 Å². The average molecular weight is 320 g/mol. The normalized spacial score (nSPS) is 11.7. The van der Waals surface area contributed by atoms with Crippen LogP contribution in [0.1, 0.15) is 25.4 Å². The lowest BCUT2D eigenvalue weighted by Gasteiger charge is -2.14. The van der Waals surface area contributed by atoms with Gasteiger partial charge in [-0.15, -0.1) is 21.5 Å². The van der Waals surface area contributed by atoms with E-state index in [1.54, 1.807) is 12.3 Å². The summed E-state index contributed by atoms with van der Waals surface area (Å²) in [6.45, 7) is 3.63. The largest absolute Gasteiger partial charge is 0.455 e. The second-order valence-electron chi connectivity index (χ2n) is 4.03. The summed E-state index contributed by atoms with van der Waals surface area (Å²) in [4.78, 5) is 17.8. The van der Waals surface area contributed by atoms with Crippen molar-refractivity contribution in [3.63, 3.8) is 0 Å². The van der Waals surface area contributed by atoms with Gasteiger partial charge in [-0.25, -0.2) is 4.98 Å². The molecule has 0 saturated heterocycles. The lowest BCUT2D eigenvalue weighted by atomic mass is 10.5. The highest BCUT2D eigenvalue weighted by molar-refractivity contribution is 7.14. The maximum absolute atomic E-state index is 12.3. The van der Waals surface area contributed by atoms with Gasteiger partial charge in [-0.2, -0.15) is 18.0 Å². The Hall–Kier alpha value is -2.04. The first-order valence-electron chi connectivity index (χ1n) is 5.88. The van der Waals surface area contributed by atoms with Gasteiger partial charge in [0.15, 0.2) is 5.13 Å². The van der Waals surface area contributed by atoms with E-state index < -0.39 is 12.0 Å². The molecule has 11 heteroatoms. The fraction of sp³-hybridized carbons (Fsp3) is 0.500. The van der Waals surface area contributed by atoms with Gasteiger partial charge in [0.2, 0.25) is 5.91 Å². The lowest BCUT2D eigenvalue weighted by molar-refractivity contribution is -0.145. The van der Waals surface area contributed by atoms with Crippen LogP contribution in [0.2, 0.25) is 0 Å². The van der Waals surface area contributed by atoms with Crippen molar-refractivity contribution in [2.45, 2.75) is 26.6 Å². The standard InChI is InChI=1S/C10H11F3N6OS/c1-3-18(6(2)20)9-14-7(5-21-9)4-19-16-8(15-17-19)10(11,12)13/h5H,3-4H2,1-2H3. The van der Waals surface area contributed by atoms with Gasteiger partial charge < -0.3 is 0 Å². The Labute approximate surface area is 121 Å². The zero-order valence-electron chi connectivity index (χ0n) is 11.1. The number of carbonyl (C=O) groups is 1. The molecule has 0 aromatic carbocycles. The highest BCUT2D eigenvalue weighted by atomic mass is 32.1. The number of thiazole rings is 1. The lowest BCUT2D eigenvalue weighted by Crippen LogP contribution is -2.27. The van der Waals surface area contributed by atoms with Crippen molar-refractivity contribution in [3.8, 4) is 0 Å². The average Bonchev–Trinajstić information content (AvgIpc) is 2.99. The number of anilines is 1. The zero-order valence-corrected chi connectivity index (χ0v) is 11.9. The van der Waals surface area contributed by atoms with Gasteiger partial charge in [0.05, 0.1) is 5.69 Å². The molecular formula is C10H11F3N6OS. The van der Waals surface area contributed by atoms with Crippen LogP contribution < -0.4 is 4.90 Å². The summed E-state index contributed by atoms with van der Waals surface area (Å²) >= 11 is 1.22.